The number of aryl methyl sites for hydroxylation is 1. The number of urea groups is 1. The Bertz CT molecular complexity index is 723. The Morgan fingerprint density at radius 1 is 1.29 bits per heavy atom. The van der Waals surface area contributed by atoms with Crippen LogP contribution >= 0.6 is 11.6 Å². The number of benzene rings is 1. The van der Waals surface area contributed by atoms with Gasteiger partial charge in [0.25, 0.3) is 0 Å². The highest BCUT2D eigenvalue weighted by molar-refractivity contribution is 6.30. The lowest BCUT2D eigenvalue weighted by atomic mass is 9.94. The molecule has 5 nitrogen and oxygen atoms in total. The molecule has 0 saturated carbocycles. The first-order valence-corrected chi connectivity index (χ1v) is 8.90. The third-order valence-corrected chi connectivity index (χ3v) is 5.46. The van der Waals surface area contributed by atoms with Gasteiger partial charge in [0.1, 0.15) is 0 Å². The van der Waals surface area contributed by atoms with Gasteiger partial charge < -0.3 is 15.2 Å². The lowest BCUT2D eigenvalue weighted by Crippen LogP contribution is -2.45. The summed E-state index contributed by atoms with van der Waals surface area (Å²) in [4.78, 5) is 21.8. The van der Waals surface area contributed by atoms with Gasteiger partial charge in [-0.25, -0.2) is 9.78 Å². The maximum Gasteiger partial charge on any atom is 0.317 e. The topological polar surface area (TPSA) is 61.0 Å². The molecule has 0 bridgehead atoms. The van der Waals surface area contributed by atoms with Gasteiger partial charge in [0, 0.05) is 35.9 Å². The molecule has 4 rings (SSSR count). The molecule has 6 heteroatoms. The van der Waals surface area contributed by atoms with E-state index in [9.17, 15) is 4.79 Å². The molecule has 1 atom stereocenters. The lowest BCUT2D eigenvalue weighted by molar-refractivity contribution is 0.177. The second-order valence-electron chi connectivity index (χ2n) is 6.65. The highest BCUT2D eigenvalue weighted by atomic mass is 35.5. The zero-order chi connectivity index (χ0) is 16.5. The van der Waals surface area contributed by atoms with Crippen molar-refractivity contribution in [1.29, 1.82) is 0 Å². The van der Waals surface area contributed by atoms with E-state index >= 15 is 0 Å². The number of H-pyrrole nitrogens is 1. The van der Waals surface area contributed by atoms with Gasteiger partial charge >= 0.3 is 6.03 Å². The van der Waals surface area contributed by atoms with Gasteiger partial charge in [0.2, 0.25) is 0 Å². The number of aromatic nitrogens is 2. The van der Waals surface area contributed by atoms with E-state index in [1.54, 1.807) is 6.33 Å². The van der Waals surface area contributed by atoms with E-state index in [1.165, 1.54) is 16.8 Å². The van der Waals surface area contributed by atoms with Gasteiger partial charge in [0.05, 0.1) is 12.4 Å². The van der Waals surface area contributed by atoms with Crippen LogP contribution in [0.25, 0.3) is 0 Å². The van der Waals surface area contributed by atoms with Crippen molar-refractivity contribution in [2.45, 2.75) is 37.6 Å². The second-order valence-corrected chi connectivity index (χ2v) is 7.09. The van der Waals surface area contributed by atoms with Gasteiger partial charge in [0.15, 0.2) is 0 Å². The number of carbonyl (C=O) groups excluding carboxylic acids is 1. The Morgan fingerprint density at radius 2 is 2.12 bits per heavy atom. The fraction of sp³-hybridized carbons (Fsp3) is 0.444. The number of likely N-dealkylation sites (tertiary alicyclic amines) is 1. The zero-order valence-corrected chi connectivity index (χ0v) is 14.2. The number of piperidine rings is 1. The van der Waals surface area contributed by atoms with Gasteiger partial charge in [-0.2, -0.15) is 0 Å². The number of imidazole rings is 1. The van der Waals surface area contributed by atoms with Crippen LogP contribution < -0.4 is 5.32 Å². The van der Waals surface area contributed by atoms with Gasteiger partial charge in [-0.15, -0.1) is 0 Å². The van der Waals surface area contributed by atoms with Crippen molar-refractivity contribution in [3.8, 4) is 0 Å². The Balaban J connectivity index is 1.35. The third kappa shape index (κ3) is 3.00. The molecule has 2 aromatic rings. The highest BCUT2D eigenvalue weighted by Crippen LogP contribution is 2.33. The number of hydrogen-bond donors (Lipinski definition) is 2. The summed E-state index contributed by atoms with van der Waals surface area (Å²) in [6.07, 6.45) is 7.49. The molecule has 24 heavy (non-hydrogen) atoms. The molecule has 2 heterocycles. The van der Waals surface area contributed by atoms with Crippen molar-refractivity contribution < 1.29 is 4.79 Å². The number of amides is 2. The number of rotatable bonds is 2. The Labute approximate surface area is 146 Å². The first-order valence-electron chi connectivity index (χ1n) is 8.53. The average molecular weight is 345 g/mol. The summed E-state index contributed by atoms with van der Waals surface area (Å²) in [6.45, 7) is 1.57. The quantitative estimate of drug-likeness (QED) is 0.873. The predicted molar refractivity (Wildman–Crippen MR) is 93.2 cm³/mol. The van der Waals surface area contributed by atoms with Crippen molar-refractivity contribution in [2.75, 3.05) is 13.1 Å². The fourth-order valence-electron chi connectivity index (χ4n) is 3.86. The largest absolute Gasteiger partial charge is 0.348 e. The van der Waals surface area contributed by atoms with Crippen LogP contribution in [0.5, 0.6) is 0 Å². The summed E-state index contributed by atoms with van der Waals surface area (Å²) in [5, 5.41) is 3.96. The number of nitrogens with zero attached hydrogens (tertiary/aromatic N) is 2. The minimum atomic E-state index is 0.0471. The summed E-state index contributed by atoms with van der Waals surface area (Å²) in [6, 6.07) is 6.11. The van der Waals surface area contributed by atoms with Crippen LogP contribution in [0, 0.1) is 0 Å². The molecule has 1 saturated heterocycles. The molecular weight excluding hydrogens is 324 g/mol. The van der Waals surface area contributed by atoms with E-state index in [1.807, 2.05) is 29.3 Å². The average Bonchev–Trinajstić information content (AvgIpc) is 3.25. The SMILES string of the molecule is O=C(NC1CCc2cc(Cl)ccc21)N1CCC(c2cnc[nH]2)CC1. The summed E-state index contributed by atoms with van der Waals surface area (Å²) in [5.74, 6) is 0.478. The van der Waals surface area contributed by atoms with E-state index in [2.05, 4.69) is 15.3 Å². The number of hydrogen-bond acceptors (Lipinski definition) is 2. The monoisotopic (exact) mass is 344 g/mol. The summed E-state index contributed by atoms with van der Waals surface area (Å²) >= 11 is 6.05. The Kier molecular flexibility index (Phi) is 4.19. The van der Waals surface area contributed by atoms with Crippen LogP contribution in [0.3, 0.4) is 0 Å². The summed E-state index contributed by atoms with van der Waals surface area (Å²) in [5.41, 5.74) is 3.64. The first-order chi connectivity index (χ1) is 11.7. The van der Waals surface area contributed by atoms with Crippen LogP contribution in [-0.4, -0.2) is 34.0 Å². The Morgan fingerprint density at radius 3 is 2.88 bits per heavy atom. The van der Waals surface area contributed by atoms with Crippen molar-refractivity contribution in [3.63, 3.8) is 0 Å². The van der Waals surface area contributed by atoms with Crippen LogP contribution in [0.2, 0.25) is 5.02 Å². The minimum Gasteiger partial charge on any atom is -0.348 e. The standard InChI is InChI=1S/C18H21ClN4O/c19-14-2-3-15-13(9-14)1-4-16(15)22-18(24)23-7-5-12(6-8-23)17-10-20-11-21-17/h2-3,9-12,16H,1,4-8H2,(H,20,21)(H,22,24). The van der Waals surface area contributed by atoms with E-state index in [4.69, 9.17) is 11.6 Å². The molecule has 1 aliphatic carbocycles. The van der Waals surface area contributed by atoms with Crippen molar-refractivity contribution in [1.82, 2.24) is 20.2 Å². The van der Waals surface area contributed by atoms with Gasteiger partial charge in [-0.3, -0.25) is 0 Å². The van der Waals surface area contributed by atoms with Gasteiger partial charge in [-0.05, 0) is 48.9 Å². The molecule has 126 valence electrons. The second kappa shape index (κ2) is 6.48. The van der Waals surface area contributed by atoms with Crippen molar-refractivity contribution in [2.24, 2.45) is 0 Å². The van der Waals surface area contributed by atoms with E-state index < -0.39 is 0 Å². The molecule has 1 aromatic carbocycles. The molecule has 0 radical (unpaired) electrons. The normalized spacial score (nSPS) is 20.9. The lowest BCUT2D eigenvalue weighted by Gasteiger charge is -2.32. The number of fused-ring (bicyclic) bond motifs is 1. The number of halogens is 1. The molecule has 2 N–H and O–H groups in total. The number of carbonyl (C=O) groups is 1. The molecule has 1 unspecified atom stereocenters. The van der Waals surface area contributed by atoms with E-state index in [0.717, 1.165) is 43.8 Å². The minimum absolute atomic E-state index is 0.0471. The molecule has 1 aliphatic heterocycles. The van der Waals surface area contributed by atoms with Crippen LogP contribution in [0.4, 0.5) is 4.79 Å². The fourth-order valence-corrected chi connectivity index (χ4v) is 4.05. The molecule has 2 aliphatic rings. The maximum atomic E-state index is 12.6. The predicted octanol–water partition coefficient (Wildman–Crippen LogP) is 3.64. The molecular formula is C18H21ClN4O. The smallest absolute Gasteiger partial charge is 0.317 e. The van der Waals surface area contributed by atoms with E-state index in [-0.39, 0.29) is 12.1 Å². The van der Waals surface area contributed by atoms with Crippen molar-refractivity contribution >= 4 is 17.6 Å². The van der Waals surface area contributed by atoms with Crippen molar-refractivity contribution in [3.05, 3.63) is 52.6 Å². The third-order valence-electron chi connectivity index (χ3n) is 5.22. The molecule has 2 amide bonds. The Hall–Kier alpha value is -2.01. The van der Waals surface area contributed by atoms with Crippen LogP contribution in [-0.2, 0) is 6.42 Å². The van der Waals surface area contributed by atoms with Crippen LogP contribution in [0.1, 0.15) is 48.0 Å². The molecule has 1 aromatic heterocycles. The zero-order valence-electron chi connectivity index (χ0n) is 13.5. The molecule has 0 spiro atoms. The van der Waals surface area contributed by atoms with E-state index in [0.29, 0.717) is 5.92 Å². The number of nitrogens with one attached hydrogen (secondary N) is 2. The summed E-state index contributed by atoms with van der Waals surface area (Å²) < 4.78 is 0. The highest BCUT2D eigenvalue weighted by Gasteiger charge is 2.28. The van der Waals surface area contributed by atoms with Gasteiger partial charge in [-0.1, -0.05) is 17.7 Å². The number of aromatic amines is 1. The summed E-state index contributed by atoms with van der Waals surface area (Å²) in [7, 11) is 0. The first kappa shape index (κ1) is 15.5. The van der Waals surface area contributed by atoms with Crippen LogP contribution in [0.15, 0.2) is 30.7 Å². The maximum absolute atomic E-state index is 12.6. The molecule has 1 fully saturated rings.